The zero-order chi connectivity index (χ0) is 34.6. The molecule has 2 N–H and O–H groups in total. The Kier molecular flexibility index (Phi) is 11.0. The van der Waals surface area contributed by atoms with Gasteiger partial charge in [-0.3, -0.25) is 4.79 Å². The van der Waals surface area contributed by atoms with Gasteiger partial charge in [0.05, 0.1) is 12.2 Å². The molecule has 3 amide bonds. The summed E-state index contributed by atoms with van der Waals surface area (Å²) in [5, 5.41) is 5.85. The fraction of sp³-hybridized carbons (Fsp3) is 0.455. The van der Waals surface area contributed by atoms with E-state index in [0.717, 1.165) is 49.5 Å². The average molecular weight is 662 g/mol. The first-order valence-corrected chi connectivity index (χ1v) is 15.6. The smallest absolute Gasteiger partial charge is 0.352 e. The lowest BCUT2D eigenvalue weighted by Crippen LogP contribution is -2.45. The Bertz CT molecular complexity index is 1590. The van der Waals surface area contributed by atoms with E-state index in [0.29, 0.717) is 16.0 Å². The lowest BCUT2D eigenvalue weighted by atomic mass is 9.98. The predicted molar refractivity (Wildman–Crippen MR) is 172 cm³/mol. The Labute approximate surface area is 271 Å². The summed E-state index contributed by atoms with van der Waals surface area (Å²) >= 11 is 0. The number of para-hydroxylation sites is 1. The van der Waals surface area contributed by atoms with Gasteiger partial charge in [-0.1, -0.05) is 26.0 Å². The van der Waals surface area contributed by atoms with Gasteiger partial charge >= 0.3 is 18.1 Å². The summed E-state index contributed by atoms with van der Waals surface area (Å²) in [6.07, 6.45) is -3.52. The van der Waals surface area contributed by atoms with Crippen molar-refractivity contribution in [3.8, 4) is 11.3 Å². The summed E-state index contributed by atoms with van der Waals surface area (Å²) < 4.78 is 71.0. The van der Waals surface area contributed by atoms with Crippen molar-refractivity contribution in [1.29, 1.82) is 0 Å². The molecular formula is C33H40F5N7O2. The molecule has 1 atom stereocenters. The van der Waals surface area contributed by atoms with Crippen LogP contribution in [0.15, 0.2) is 36.4 Å². The van der Waals surface area contributed by atoms with Crippen LogP contribution in [0.25, 0.3) is 11.3 Å². The number of carbonyl (C=O) groups is 2. The van der Waals surface area contributed by atoms with E-state index in [9.17, 15) is 22.8 Å². The number of fused-ring (bicyclic) bond motifs is 1. The number of nitrogens with zero attached hydrogens (tertiary/aromatic N) is 5. The molecule has 0 aliphatic carbocycles. The lowest BCUT2D eigenvalue weighted by molar-refractivity contribution is -0.170. The van der Waals surface area contributed by atoms with E-state index in [1.165, 1.54) is 32.0 Å². The van der Waals surface area contributed by atoms with Gasteiger partial charge in [0.25, 0.3) is 0 Å². The van der Waals surface area contributed by atoms with Gasteiger partial charge in [-0.2, -0.15) is 18.2 Å². The van der Waals surface area contributed by atoms with Crippen LogP contribution < -0.4 is 20.4 Å². The van der Waals surface area contributed by atoms with Crippen LogP contribution in [0.2, 0.25) is 0 Å². The van der Waals surface area contributed by atoms with Gasteiger partial charge in [0, 0.05) is 28.9 Å². The molecule has 0 saturated heterocycles. The van der Waals surface area contributed by atoms with Crippen molar-refractivity contribution in [2.24, 2.45) is 0 Å². The number of hydrogen-bond acceptors (Lipinski definition) is 6. The fourth-order valence-electron chi connectivity index (χ4n) is 5.61. The largest absolute Gasteiger partial charge is 0.471 e. The van der Waals surface area contributed by atoms with Gasteiger partial charge < -0.3 is 20.4 Å². The summed E-state index contributed by atoms with van der Waals surface area (Å²) in [5.74, 6) is -4.05. The third-order valence-corrected chi connectivity index (χ3v) is 8.09. The van der Waals surface area contributed by atoms with Crippen molar-refractivity contribution in [2.45, 2.75) is 79.2 Å². The third kappa shape index (κ3) is 7.80. The number of halogens is 5. The maximum atomic E-state index is 15.1. The molecule has 3 aromatic rings. The maximum absolute atomic E-state index is 15.1. The molecule has 1 aromatic heterocycles. The number of aryl methyl sites for hydroxylation is 1. The van der Waals surface area contributed by atoms with E-state index in [-0.39, 0.29) is 41.3 Å². The highest BCUT2D eigenvalue weighted by atomic mass is 19.4. The molecule has 4 rings (SSSR count). The summed E-state index contributed by atoms with van der Waals surface area (Å²) in [4.78, 5) is 38.7. The van der Waals surface area contributed by atoms with Crippen molar-refractivity contribution < 1.29 is 31.5 Å². The summed E-state index contributed by atoms with van der Waals surface area (Å²) in [6.45, 7) is 13.3. The van der Waals surface area contributed by atoms with E-state index >= 15 is 8.78 Å². The molecule has 2 aromatic carbocycles. The van der Waals surface area contributed by atoms with Crippen molar-refractivity contribution in [1.82, 2.24) is 20.2 Å². The Hall–Kier alpha value is -4.33. The molecule has 0 bridgehead atoms. The minimum Gasteiger partial charge on any atom is -0.352 e. The van der Waals surface area contributed by atoms with Crippen LogP contribution in [0, 0.1) is 18.6 Å². The van der Waals surface area contributed by atoms with E-state index in [1.807, 2.05) is 6.92 Å². The van der Waals surface area contributed by atoms with Gasteiger partial charge in [0.1, 0.15) is 17.3 Å². The number of urea groups is 1. The quantitative estimate of drug-likeness (QED) is 0.198. The number of alkyl halides is 3. The van der Waals surface area contributed by atoms with Crippen LogP contribution in [0.4, 0.5) is 49.9 Å². The summed E-state index contributed by atoms with van der Waals surface area (Å²) in [7, 11) is 0. The fourth-order valence-corrected chi connectivity index (χ4v) is 5.61. The molecule has 0 spiro atoms. The second-order valence-corrected chi connectivity index (χ2v) is 11.7. The highest BCUT2D eigenvalue weighted by molar-refractivity contribution is 6.02. The average Bonchev–Trinajstić information content (AvgIpc) is 3.00. The Morgan fingerprint density at radius 1 is 1.06 bits per heavy atom. The number of rotatable bonds is 12. The Morgan fingerprint density at radius 2 is 1.72 bits per heavy atom. The minimum absolute atomic E-state index is 0.0218. The van der Waals surface area contributed by atoms with Gasteiger partial charge in [-0.05, 0) is 90.0 Å². The van der Waals surface area contributed by atoms with E-state index in [4.69, 9.17) is 4.98 Å². The molecule has 47 heavy (non-hydrogen) atoms. The molecule has 9 nitrogen and oxygen atoms in total. The molecule has 1 unspecified atom stereocenters. The minimum atomic E-state index is -5.11. The topological polar surface area (TPSA) is 93.7 Å². The highest BCUT2D eigenvalue weighted by Crippen LogP contribution is 2.40. The number of benzene rings is 2. The number of aromatic nitrogens is 2. The number of amides is 3. The first kappa shape index (κ1) is 35.5. The van der Waals surface area contributed by atoms with Crippen molar-refractivity contribution in [3.63, 3.8) is 0 Å². The third-order valence-electron chi connectivity index (χ3n) is 8.09. The molecule has 14 heteroatoms. The molecule has 0 radical (unpaired) electrons. The number of nitrogens with one attached hydrogen (secondary N) is 2. The SMILES string of the molecule is CCN(CC)CCCC(C)Nc1nc(-c2cc(N(C(=O)C(F)(F)F)C(C)C)ccc2C)c2c(n1)N(c1c(F)cccc1F)C(=O)NC2. The van der Waals surface area contributed by atoms with Crippen molar-refractivity contribution in [2.75, 3.05) is 34.8 Å². The summed E-state index contributed by atoms with van der Waals surface area (Å²) in [5.41, 5.74) is 0.788. The maximum Gasteiger partial charge on any atom is 0.471 e. The molecule has 2 heterocycles. The number of hydrogen-bond donors (Lipinski definition) is 2. The molecule has 0 fully saturated rings. The Morgan fingerprint density at radius 3 is 2.32 bits per heavy atom. The lowest BCUT2D eigenvalue weighted by Gasteiger charge is -2.32. The number of anilines is 4. The van der Waals surface area contributed by atoms with E-state index in [1.54, 1.807) is 13.0 Å². The molecule has 1 aliphatic rings. The normalized spacial score (nSPS) is 13.9. The highest BCUT2D eigenvalue weighted by Gasteiger charge is 2.44. The first-order valence-electron chi connectivity index (χ1n) is 15.6. The first-order chi connectivity index (χ1) is 22.2. The molecule has 254 valence electrons. The van der Waals surface area contributed by atoms with Crippen molar-refractivity contribution >= 4 is 35.1 Å². The Balaban J connectivity index is 1.88. The van der Waals surface area contributed by atoms with Crippen LogP contribution in [-0.4, -0.2) is 64.7 Å². The van der Waals surface area contributed by atoms with Gasteiger partial charge in [0.15, 0.2) is 5.82 Å². The second kappa shape index (κ2) is 14.6. The standard InChI is InChI=1S/C33H40F5N7O2/c1-7-43(8-2)16-10-11-21(6)40-31-41-27(23-17-22(15-14-20(23)5)44(19(3)4)30(46)33(36,37)38)24-18-39-32(47)45(29(24)42-31)28-25(34)12-9-13-26(28)35/h9,12-15,17,19,21H,7-8,10-11,16,18H2,1-6H3,(H,39,47)(H,40,41,42). The van der Waals surface area contributed by atoms with E-state index < -0.39 is 41.5 Å². The summed E-state index contributed by atoms with van der Waals surface area (Å²) in [6, 6.07) is 5.79. The van der Waals surface area contributed by atoms with Crippen molar-refractivity contribution in [3.05, 3.63) is 59.2 Å². The van der Waals surface area contributed by atoms with E-state index in [2.05, 4.69) is 34.4 Å². The molecular weight excluding hydrogens is 621 g/mol. The van der Waals surface area contributed by atoms with Gasteiger partial charge in [-0.25, -0.2) is 23.5 Å². The molecule has 1 aliphatic heterocycles. The van der Waals surface area contributed by atoms with Crippen LogP contribution in [0.3, 0.4) is 0 Å². The van der Waals surface area contributed by atoms with Crippen LogP contribution in [-0.2, 0) is 11.3 Å². The molecule has 0 saturated carbocycles. The second-order valence-electron chi connectivity index (χ2n) is 11.7. The zero-order valence-corrected chi connectivity index (χ0v) is 27.3. The van der Waals surface area contributed by atoms with Crippen LogP contribution >= 0.6 is 0 Å². The van der Waals surface area contributed by atoms with Crippen LogP contribution in [0.1, 0.15) is 58.6 Å². The van der Waals surface area contributed by atoms with Gasteiger partial charge in [-0.15, -0.1) is 0 Å². The van der Waals surface area contributed by atoms with Crippen LogP contribution in [0.5, 0.6) is 0 Å². The monoisotopic (exact) mass is 661 g/mol. The number of carbonyl (C=O) groups excluding carboxylic acids is 2. The predicted octanol–water partition coefficient (Wildman–Crippen LogP) is 7.32. The zero-order valence-electron chi connectivity index (χ0n) is 27.3. The van der Waals surface area contributed by atoms with Gasteiger partial charge in [0.2, 0.25) is 5.95 Å².